The zero-order valence-corrected chi connectivity index (χ0v) is 6.71. The second-order valence-corrected chi connectivity index (χ2v) is 3.24. The molecule has 0 aliphatic heterocycles. The Morgan fingerprint density at radius 3 is 2.55 bits per heavy atom. The molecule has 0 aromatic carbocycles. The first kappa shape index (κ1) is 8.68. The first-order valence-electron chi connectivity index (χ1n) is 3.99. The highest BCUT2D eigenvalue weighted by Gasteiger charge is 2.41. The minimum Gasteiger partial charge on any atom is -0.390 e. The highest BCUT2D eigenvalue weighted by molar-refractivity contribution is 5.85. The smallest absolute Gasteiger partial charge is 0.163 e. The minimum absolute atomic E-state index is 0.315. The maximum absolute atomic E-state index is 10.9. The Bertz CT molecular complexity index is 167. The maximum atomic E-state index is 10.9. The van der Waals surface area contributed by atoms with Gasteiger partial charge in [-0.15, -0.1) is 0 Å². The molecule has 2 N–H and O–H groups in total. The van der Waals surface area contributed by atoms with Crippen LogP contribution in [0.25, 0.3) is 0 Å². The molecule has 0 aromatic heterocycles. The largest absolute Gasteiger partial charge is 0.390 e. The number of rotatable bonds is 1. The van der Waals surface area contributed by atoms with Crippen LogP contribution in [0.4, 0.5) is 0 Å². The van der Waals surface area contributed by atoms with E-state index in [4.69, 9.17) is 0 Å². The lowest BCUT2D eigenvalue weighted by molar-refractivity contribution is -0.154. The summed E-state index contributed by atoms with van der Waals surface area (Å²) >= 11 is 0. The summed E-state index contributed by atoms with van der Waals surface area (Å²) < 4.78 is 0. The number of Topliss-reactive ketones (excluding diaryl/α,β-unsaturated/α-hetero) is 1. The van der Waals surface area contributed by atoms with Gasteiger partial charge in [0.1, 0.15) is 5.60 Å². The predicted octanol–water partition coefficient (Wildman–Crippen LogP) is 0.241. The molecule has 64 valence electrons. The number of ketones is 1. The number of carbonyl (C=O) groups is 1. The molecule has 0 bridgehead atoms. The number of aliphatic hydroxyl groups is 2. The molecule has 11 heavy (non-hydrogen) atoms. The van der Waals surface area contributed by atoms with Crippen molar-refractivity contribution in [1.29, 1.82) is 0 Å². The minimum atomic E-state index is -1.45. The van der Waals surface area contributed by atoms with Crippen LogP contribution in [-0.2, 0) is 4.79 Å². The molecule has 3 heteroatoms. The van der Waals surface area contributed by atoms with Crippen molar-refractivity contribution in [2.45, 2.75) is 44.3 Å². The van der Waals surface area contributed by atoms with E-state index in [1.165, 1.54) is 6.92 Å². The molecule has 1 fully saturated rings. The van der Waals surface area contributed by atoms with Crippen molar-refractivity contribution in [3.8, 4) is 0 Å². The van der Waals surface area contributed by atoms with Gasteiger partial charge in [0, 0.05) is 0 Å². The van der Waals surface area contributed by atoms with E-state index >= 15 is 0 Å². The second-order valence-electron chi connectivity index (χ2n) is 3.24. The van der Waals surface area contributed by atoms with Gasteiger partial charge < -0.3 is 10.2 Å². The lowest BCUT2D eigenvalue weighted by Crippen LogP contribution is -2.50. The molecule has 1 rings (SSSR count). The van der Waals surface area contributed by atoms with Crippen LogP contribution in [0.2, 0.25) is 0 Å². The third-order valence-corrected chi connectivity index (χ3v) is 2.45. The van der Waals surface area contributed by atoms with Crippen molar-refractivity contribution in [3.63, 3.8) is 0 Å². The SMILES string of the molecule is CC(=O)[C@]1(O)CCCC[C@H]1O. The molecular weight excluding hydrogens is 144 g/mol. The van der Waals surface area contributed by atoms with Gasteiger partial charge in [-0.2, -0.15) is 0 Å². The Morgan fingerprint density at radius 1 is 1.55 bits per heavy atom. The number of hydrogen-bond acceptors (Lipinski definition) is 3. The molecule has 3 nitrogen and oxygen atoms in total. The molecule has 0 radical (unpaired) electrons. The summed E-state index contributed by atoms with van der Waals surface area (Å²) in [5, 5.41) is 18.9. The second kappa shape index (κ2) is 2.91. The van der Waals surface area contributed by atoms with Crippen LogP contribution in [0.1, 0.15) is 32.6 Å². The molecule has 0 aromatic rings. The fourth-order valence-corrected chi connectivity index (χ4v) is 1.55. The summed E-state index contributed by atoms with van der Waals surface area (Å²) in [6, 6.07) is 0. The van der Waals surface area contributed by atoms with Crippen molar-refractivity contribution in [1.82, 2.24) is 0 Å². The molecular formula is C8H14O3. The average molecular weight is 158 g/mol. The first-order valence-corrected chi connectivity index (χ1v) is 3.99. The molecule has 2 atom stereocenters. The van der Waals surface area contributed by atoms with Crippen molar-refractivity contribution < 1.29 is 15.0 Å². The number of aliphatic hydroxyl groups excluding tert-OH is 1. The molecule has 1 aliphatic carbocycles. The number of hydrogen-bond donors (Lipinski definition) is 2. The molecule has 0 spiro atoms. The lowest BCUT2D eigenvalue weighted by atomic mass is 9.80. The first-order chi connectivity index (χ1) is 5.07. The van der Waals surface area contributed by atoms with Crippen molar-refractivity contribution in [3.05, 3.63) is 0 Å². The summed E-state index contributed by atoms with van der Waals surface area (Å²) in [6.07, 6.45) is 1.82. The molecule has 0 unspecified atom stereocenters. The monoisotopic (exact) mass is 158 g/mol. The van der Waals surface area contributed by atoms with Gasteiger partial charge in [-0.25, -0.2) is 0 Å². The summed E-state index contributed by atoms with van der Waals surface area (Å²) in [7, 11) is 0. The molecule has 0 amide bonds. The standard InChI is InChI=1S/C8H14O3/c1-6(9)8(11)5-3-2-4-7(8)10/h7,10-11H,2-5H2,1H3/t7-,8-/m1/s1. The van der Waals surface area contributed by atoms with E-state index in [1.807, 2.05) is 0 Å². The Kier molecular flexibility index (Phi) is 2.30. The Morgan fingerprint density at radius 2 is 2.18 bits per heavy atom. The lowest BCUT2D eigenvalue weighted by Gasteiger charge is -2.34. The van der Waals surface area contributed by atoms with Crippen LogP contribution >= 0.6 is 0 Å². The molecule has 0 heterocycles. The highest BCUT2D eigenvalue weighted by Crippen LogP contribution is 2.28. The molecule has 1 aliphatic rings. The van der Waals surface area contributed by atoms with E-state index in [1.54, 1.807) is 0 Å². The third kappa shape index (κ3) is 1.44. The average Bonchev–Trinajstić information content (AvgIpc) is 1.95. The van der Waals surface area contributed by atoms with Crippen LogP contribution < -0.4 is 0 Å². The van der Waals surface area contributed by atoms with Gasteiger partial charge in [0.05, 0.1) is 6.10 Å². The van der Waals surface area contributed by atoms with Crippen LogP contribution in [-0.4, -0.2) is 27.7 Å². The normalized spacial score (nSPS) is 38.6. The summed E-state index contributed by atoms with van der Waals surface area (Å²) in [4.78, 5) is 10.9. The summed E-state index contributed by atoms with van der Waals surface area (Å²) in [5.41, 5.74) is -1.45. The van der Waals surface area contributed by atoms with E-state index in [2.05, 4.69) is 0 Å². The Hall–Kier alpha value is -0.410. The quantitative estimate of drug-likeness (QED) is 0.574. The Labute approximate surface area is 66.0 Å². The van der Waals surface area contributed by atoms with E-state index in [9.17, 15) is 15.0 Å². The topological polar surface area (TPSA) is 57.5 Å². The van der Waals surface area contributed by atoms with Crippen molar-refractivity contribution >= 4 is 5.78 Å². The van der Waals surface area contributed by atoms with Crippen molar-refractivity contribution in [2.75, 3.05) is 0 Å². The zero-order valence-electron chi connectivity index (χ0n) is 6.71. The van der Waals surface area contributed by atoms with Gasteiger partial charge in [0.2, 0.25) is 0 Å². The van der Waals surface area contributed by atoms with Gasteiger partial charge >= 0.3 is 0 Å². The van der Waals surface area contributed by atoms with E-state index < -0.39 is 11.7 Å². The fourth-order valence-electron chi connectivity index (χ4n) is 1.55. The maximum Gasteiger partial charge on any atom is 0.163 e. The summed E-state index contributed by atoms with van der Waals surface area (Å²) in [5.74, 6) is -0.315. The highest BCUT2D eigenvalue weighted by atomic mass is 16.3. The zero-order chi connectivity index (χ0) is 8.48. The van der Waals surface area contributed by atoms with Gasteiger partial charge in [-0.3, -0.25) is 4.79 Å². The van der Waals surface area contributed by atoms with E-state index in [0.29, 0.717) is 12.8 Å². The third-order valence-electron chi connectivity index (χ3n) is 2.45. The van der Waals surface area contributed by atoms with E-state index in [-0.39, 0.29) is 5.78 Å². The van der Waals surface area contributed by atoms with Crippen LogP contribution in [0.3, 0.4) is 0 Å². The van der Waals surface area contributed by atoms with Gasteiger partial charge in [0.15, 0.2) is 5.78 Å². The molecule has 1 saturated carbocycles. The van der Waals surface area contributed by atoms with Crippen molar-refractivity contribution in [2.24, 2.45) is 0 Å². The van der Waals surface area contributed by atoms with Gasteiger partial charge in [-0.05, 0) is 26.2 Å². The van der Waals surface area contributed by atoms with Crippen LogP contribution in [0.5, 0.6) is 0 Å². The Balaban J connectivity index is 2.72. The van der Waals surface area contributed by atoms with Crippen LogP contribution in [0, 0.1) is 0 Å². The fraction of sp³-hybridized carbons (Fsp3) is 0.875. The summed E-state index contributed by atoms with van der Waals surface area (Å²) in [6.45, 7) is 1.33. The molecule has 0 saturated heterocycles. The van der Waals surface area contributed by atoms with Gasteiger partial charge in [0.25, 0.3) is 0 Å². The number of carbonyl (C=O) groups excluding carboxylic acids is 1. The van der Waals surface area contributed by atoms with Crippen LogP contribution in [0.15, 0.2) is 0 Å². The van der Waals surface area contributed by atoms with E-state index in [0.717, 1.165) is 12.8 Å². The van der Waals surface area contributed by atoms with Gasteiger partial charge in [-0.1, -0.05) is 6.42 Å². The predicted molar refractivity (Wildman–Crippen MR) is 40.1 cm³/mol.